The lowest BCUT2D eigenvalue weighted by Gasteiger charge is -2.10. The van der Waals surface area contributed by atoms with Crippen LogP contribution in [0.5, 0.6) is 0 Å². The van der Waals surface area contributed by atoms with Gasteiger partial charge in [0.15, 0.2) is 0 Å². The van der Waals surface area contributed by atoms with E-state index in [2.05, 4.69) is 10.1 Å². The Kier molecular flexibility index (Phi) is 4.30. The number of aliphatic hydroxyl groups excluding tert-OH is 1. The first-order valence-corrected chi connectivity index (χ1v) is 4.90. The monoisotopic (exact) mass is 213 g/mol. The molecule has 1 aliphatic rings. The molecule has 84 valence electrons. The van der Waals surface area contributed by atoms with E-state index in [1.54, 1.807) is 13.0 Å². The average molecular weight is 213 g/mol. The number of aliphatic hydroxyl groups is 1. The number of nitrogens with one attached hydrogen (secondary N) is 1. The Morgan fingerprint density at radius 1 is 1.80 bits per heavy atom. The van der Waals surface area contributed by atoms with E-state index in [0.29, 0.717) is 13.0 Å². The van der Waals surface area contributed by atoms with Crippen LogP contribution in [0.15, 0.2) is 12.2 Å². The maximum Gasteiger partial charge on any atom is 0.328 e. The van der Waals surface area contributed by atoms with Gasteiger partial charge in [0.1, 0.15) is 6.04 Å². The molecule has 1 heterocycles. The van der Waals surface area contributed by atoms with Crippen molar-refractivity contribution in [2.75, 3.05) is 6.61 Å². The summed E-state index contributed by atoms with van der Waals surface area (Å²) in [6, 6.07) is -0.546. The van der Waals surface area contributed by atoms with Crippen molar-refractivity contribution in [1.82, 2.24) is 5.32 Å². The number of ether oxygens (including phenoxy) is 1. The summed E-state index contributed by atoms with van der Waals surface area (Å²) < 4.78 is 4.69. The van der Waals surface area contributed by atoms with Crippen LogP contribution < -0.4 is 5.32 Å². The Hall–Kier alpha value is -1.36. The molecule has 1 aliphatic heterocycles. The zero-order valence-electron chi connectivity index (χ0n) is 8.60. The molecule has 5 heteroatoms. The normalized spacial score (nSPS) is 22.8. The summed E-state index contributed by atoms with van der Waals surface area (Å²) in [5.41, 5.74) is 0. The number of carbonyl (C=O) groups is 2. The zero-order chi connectivity index (χ0) is 11.3. The van der Waals surface area contributed by atoms with E-state index >= 15 is 0 Å². The summed E-state index contributed by atoms with van der Waals surface area (Å²) in [5.74, 6) is -0.742. The maximum absolute atomic E-state index is 11.3. The molecule has 0 aromatic heterocycles. The summed E-state index contributed by atoms with van der Waals surface area (Å²) in [6.45, 7) is 2.11. The Balaban J connectivity index is 2.32. The first-order valence-electron chi connectivity index (χ1n) is 4.90. The lowest BCUT2D eigenvalue weighted by Crippen LogP contribution is -2.39. The van der Waals surface area contributed by atoms with Gasteiger partial charge in [0.25, 0.3) is 0 Å². The van der Waals surface area contributed by atoms with Gasteiger partial charge in [-0.05, 0) is 6.92 Å². The van der Waals surface area contributed by atoms with Crippen LogP contribution in [0.2, 0.25) is 0 Å². The van der Waals surface area contributed by atoms with Crippen LogP contribution in [0.1, 0.15) is 19.8 Å². The molecular weight excluding hydrogens is 198 g/mol. The van der Waals surface area contributed by atoms with Gasteiger partial charge < -0.3 is 15.2 Å². The van der Waals surface area contributed by atoms with Crippen LogP contribution in [0.25, 0.3) is 0 Å². The van der Waals surface area contributed by atoms with Gasteiger partial charge in [-0.25, -0.2) is 4.79 Å². The molecule has 2 N–H and O–H groups in total. The Labute approximate surface area is 88.1 Å². The van der Waals surface area contributed by atoms with Crippen LogP contribution in [-0.4, -0.2) is 35.7 Å². The highest BCUT2D eigenvalue weighted by Crippen LogP contribution is 2.06. The van der Waals surface area contributed by atoms with Crippen molar-refractivity contribution in [2.24, 2.45) is 0 Å². The van der Waals surface area contributed by atoms with Gasteiger partial charge in [0, 0.05) is 6.42 Å². The second-order valence-electron chi connectivity index (χ2n) is 3.37. The molecule has 0 aromatic rings. The lowest BCUT2D eigenvalue weighted by atomic mass is 10.2. The third kappa shape index (κ3) is 3.71. The second-order valence-corrected chi connectivity index (χ2v) is 3.37. The molecule has 0 radical (unpaired) electrons. The van der Waals surface area contributed by atoms with Gasteiger partial charge in [-0.3, -0.25) is 4.79 Å². The van der Waals surface area contributed by atoms with Gasteiger partial charge in [-0.15, -0.1) is 0 Å². The van der Waals surface area contributed by atoms with Crippen molar-refractivity contribution in [3.63, 3.8) is 0 Å². The number of hydrogen-bond donors (Lipinski definition) is 2. The largest absolute Gasteiger partial charge is 0.464 e. The summed E-state index contributed by atoms with van der Waals surface area (Å²) in [7, 11) is 0. The molecular formula is C10H15NO4. The fraction of sp³-hybridized carbons (Fsp3) is 0.600. The third-order valence-electron chi connectivity index (χ3n) is 2.08. The number of rotatable bonds is 4. The van der Waals surface area contributed by atoms with E-state index in [1.165, 1.54) is 6.08 Å². The molecule has 2 atom stereocenters. The molecule has 1 rings (SSSR count). The van der Waals surface area contributed by atoms with E-state index in [-0.39, 0.29) is 12.3 Å². The lowest BCUT2D eigenvalue weighted by molar-refractivity contribution is -0.141. The number of esters is 1. The Morgan fingerprint density at radius 3 is 3.07 bits per heavy atom. The van der Waals surface area contributed by atoms with Crippen LogP contribution in [0.3, 0.4) is 0 Å². The highest BCUT2D eigenvalue weighted by molar-refractivity contribution is 5.85. The summed E-state index contributed by atoms with van der Waals surface area (Å²) in [6.07, 6.45) is 2.86. The van der Waals surface area contributed by atoms with Gasteiger partial charge in [0.2, 0.25) is 5.91 Å². The van der Waals surface area contributed by atoms with Crippen LogP contribution >= 0.6 is 0 Å². The summed E-state index contributed by atoms with van der Waals surface area (Å²) in [4.78, 5) is 22.3. The minimum atomic E-state index is -0.799. The second kappa shape index (κ2) is 5.50. The molecule has 1 amide bonds. The van der Waals surface area contributed by atoms with Crippen LogP contribution in [0.4, 0.5) is 0 Å². The quantitative estimate of drug-likeness (QED) is 0.498. The number of allylic oxidation sites excluding steroid dienone is 1. The predicted molar refractivity (Wildman–Crippen MR) is 52.9 cm³/mol. The number of cyclic esters (lactones) is 1. The zero-order valence-corrected chi connectivity index (χ0v) is 8.60. The molecule has 5 nitrogen and oxygen atoms in total. The van der Waals surface area contributed by atoms with E-state index in [4.69, 9.17) is 0 Å². The van der Waals surface area contributed by atoms with Crippen molar-refractivity contribution in [2.45, 2.75) is 31.9 Å². The highest BCUT2D eigenvalue weighted by atomic mass is 16.5. The van der Waals surface area contributed by atoms with Crippen LogP contribution in [-0.2, 0) is 14.3 Å². The van der Waals surface area contributed by atoms with Crippen molar-refractivity contribution in [3.8, 4) is 0 Å². The van der Waals surface area contributed by atoms with Crippen molar-refractivity contribution < 1.29 is 19.4 Å². The van der Waals surface area contributed by atoms with Crippen molar-refractivity contribution >= 4 is 11.9 Å². The minimum absolute atomic E-state index is 0.0336. The fourth-order valence-electron chi connectivity index (χ4n) is 1.36. The standard InChI is InChI=1S/C10H15NO4/c1-2-3-7(12)6-9(13)11-8-4-5-15-10(8)14/h2-3,7-8,12H,4-6H2,1H3,(H,11,13)/b3-2+/t7?,8-/m0/s1. The molecule has 1 saturated heterocycles. The van der Waals surface area contributed by atoms with Crippen LogP contribution in [0, 0.1) is 0 Å². The molecule has 0 bridgehead atoms. The van der Waals surface area contributed by atoms with E-state index in [0.717, 1.165) is 0 Å². The topological polar surface area (TPSA) is 75.6 Å². The summed E-state index contributed by atoms with van der Waals surface area (Å²) >= 11 is 0. The van der Waals surface area contributed by atoms with Crippen molar-refractivity contribution in [3.05, 3.63) is 12.2 Å². The third-order valence-corrected chi connectivity index (χ3v) is 2.08. The molecule has 15 heavy (non-hydrogen) atoms. The molecule has 1 unspecified atom stereocenters. The average Bonchev–Trinajstić information content (AvgIpc) is 2.52. The molecule has 0 saturated carbocycles. The van der Waals surface area contributed by atoms with E-state index < -0.39 is 18.1 Å². The van der Waals surface area contributed by atoms with Gasteiger partial charge in [-0.1, -0.05) is 12.2 Å². The molecule has 0 spiro atoms. The minimum Gasteiger partial charge on any atom is -0.464 e. The van der Waals surface area contributed by atoms with Crippen molar-refractivity contribution in [1.29, 1.82) is 0 Å². The summed E-state index contributed by atoms with van der Waals surface area (Å²) in [5, 5.41) is 11.8. The Morgan fingerprint density at radius 2 is 2.53 bits per heavy atom. The molecule has 1 fully saturated rings. The Bertz CT molecular complexity index is 275. The smallest absolute Gasteiger partial charge is 0.328 e. The number of amides is 1. The number of carbonyl (C=O) groups excluding carboxylic acids is 2. The SMILES string of the molecule is C/C=C/C(O)CC(=O)N[C@H]1CCOC1=O. The van der Waals surface area contributed by atoms with E-state index in [1.807, 2.05) is 0 Å². The molecule has 0 aromatic carbocycles. The van der Waals surface area contributed by atoms with Gasteiger partial charge in [-0.2, -0.15) is 0 Å². The first kappa shape index (κ1) is 11.7. The van der Waals surface area contributed by atoms with Gasteiger partial charge in [0.05, 0.1) is 19.1 Å². The first-order chi connectivity index (χ1) is 7.13. The maximum atomic E-state index is 11.3. The molecule has 0 aliphatic carbocycles. The number of hydrogen-bond acceptors (Lipinski definition) is 4. The fourth-order valence-corrected chi connectivity index (χ4v) is 1.36. The van der Waals surface area contributed by atoms with E-state index in [9.17, 15) is 14.7 Å². The van der Waals surface area contributed by atoms with Gasteiger partial charge >= 0.3 is 5.97 Å². The highest BCUT2D eigenvalue weighted by Gasteiger charge is 2.27. The predicted octanol–water partition coefficient (Wildman–Crippen LogP) is -0.255.